The van der Waals surface area contributed by atoms with Crippen molar-refractivity contribution in [3.05, 3.63) is 58.9 Å². The topological polar surface area (TPSA) is 59.1 Å². The van der Waals surface area contributed by atoms with Crippen LogP contribution in [0.3, 0.4) is 0 Å². The third kappa shape index (κ3) is 3.17. The summed E-state index contributed by atoms with van der Waals surface area (Å²) in [6.07, 6.45) is 4.24. The zero-order chi connectivity index (χ0) is 14.8. The van der Waals surface area contributed by atoms with Crippen molar-refractivity contribution in [2.24, 2.45) is 5.73 Å². The van der Waals surface area contributed by atoms with Crippen LogP contribution in [-0.2, 0) is 18.4 Å². The molecule has 0 aliphatic carbocycles. The molecule has 1 aromatic carbocycles. The minimum absolute atomic E-state index is 0.0291. The van der Waals surface area contributed by atoms with Crippen molar-refractivity contribution in [3.8, 4) is 5.75 Å². The number of hydrogen-bond donors (Lipinski definition) is 2. The van der Waals surface area contributed by atoms with Crippen LogP contribution in [0.15, 0.2) is 36.7 Å². The monoisotopic (exact) mass is 270 g/mol. The quantitative estimate of drug-likeness (QED) is 0.900. The number of nitrogens with zero attached hydrogens (tertiary/aromatic N) is 1. The second kappa shape index (κ2) is 5.63. The van der Waals surface area contributed by atoms with Gasteiger partial charge in [-0.05, 0) is 28.2 Å². The van der Waals surface area contributed by atoms with E-state index in [2.05, 4.69) is 31.8 Å². The molecule has 1 heterocycles. The first-order chi connectivity index (χ1) is 9.41. The molecular weight excluding hydrogens is 248 g/mol. The van der Waals surface area contributed by atoms with E-state index in [1.54, 1.807) is 6.20 Å². The van der Waals surface area contributed by atoms with Gasteiger partial charge in [-0.3, -0.25) is 4.98 Å². The van der Waals surface area contributed by atoms with Gasteiger partial charge in [0.25, 0.3) is 0 Å². The first-order valence-corrected chi connectivity index (χ1v) is 6.86. The Morgan fingerprint density at radius 2 is 1.90 bits per heavy atom. The van der Waals surface area contributed by atoms with Crippen LogP contribution in [0.1, 0.15) is 43.0 Å². The molecule has 0 aliphatic heterocycles. The predicted octanol–water partition coefficient (Wildman–Crippen LogP) is 3.13. The molecule has 0 fully saturated rings. The Morgan fingerprint density at radius 1 is 1.20 bits per heavy atom. The van der Waals surface area contributed by atoms with Crippen molar-refractivity contribution in [1.82, 2.24) is 4.98 Å². The van der Waals surface area contributed by atoms with E-state index in [1.165, 1.54) is 5.56 Å². The number of pyridine rings is 1. The summed E-state index contributed by atoms with van der Waals surface area (Å²) in [5.41, 5.74) is 9.76. The molecule has 0 aliphatic rings. The molecule has 0 bridgehead atoms. The van der Waals surface area contributed by atoms with E-state index in [9.17, 15) is 5.11 Å². The van der Waals surface area contributed by atoms with Crippen LogP contribution in [0, 0.1) is 0 Å². The van der Waals surface area contributed by atoms with Crippen molar-refractivity contribution >= 4 is 0 Å². The number of phenols is 1. The summed E-state index contributed by atoms with van der Waals surface area (Å²) in [4.78, 5) is 4.12. The molecule has 0 spiro atoms. The van der Waals surface area contributed by atoms with E-state index in [4.69, 9.17) is 5.73 Å². The van der Waals surface area contributed by atoms with Gasteiger partial charge in [-0.15, -0.1) is 0 Å². The van der Waals surface area contributed by atoms with Crippen LogP contribution >= 0.6 is 0 Å². The van der Waals surface area contributed by atoms with Gasteiger partial charge in [0.2, 0.25) is 0 Å². The molecule has 0 atom stereocenters. The van der Waals surface area contributed by atoms with Gasteiger partial charge < -0.3 is 10.8 Å². The van der Waals surface area contributed by atoms with Crippen LogP contribution in [0.25, 0.3) is 0 Å². The van der Waals surface area contributed by atoms with Gasteiger partial charge in [-0.1, -0.05) is 39.0 Å². The number of hydrogen-bond acceptors (Lipinski definition) is 3. The molecule has 0 unspecified atom stereocenters. The number of rotatable bonds is 3. The zero-order valence-electron chi connectivity index (χ0n) is 12.4. The van der Waals surface area contributed by atoms with Crippen LogP contribution < -0.4 is 5.73 Å². The van der Waals surface area contributed by atoms with Crippen molar-refractivity contribution in [3.63, 3.8) is 0 Å². The third-order valence-corrected chi connectivity index (χ3v) is 3.47. The maximum Gasteiger partial charge on any atom is 0.123 e. The second-order valence-corrected chi connectivity index (χ2v) is 6.14. The average Bonchev–Trinajstić information content (AvgIpc) is 2.41. The maximum absolute atomic E-state index is 10.3. The molecule has 3 heteroatoms. The molecule has 3 N–H and O–H groups in total. The standard InChI is InChI=1S/C17H22N2O/c1-17(2,3)15-8-13(16(20)14(9-15)10-18)7-12-5-4-6-19-11-12/h4-6,8-9,11,20H,7,10,18H2,1-3H3. The maximum atomic E-state index is 10.3. The lowest BCUT2D eigenvalue weighted by atomic mass is 9.84. The SMILES string of the molecule is CC(C)(C)c1cc(CN)c(O)c(Cc2cccnc2)c1. The Bertz CT molecular complexity index is 586. The molecule has 0 radical (unpaired) electrons. The summed E-state index contributed by atoms with van der Waals surface area (Å²) in [5, 5.41) is 10.3. The Labute approximate surface area is 120 Å². The first kappa shape index (κ1) is 14.5. The largest absolute Gasteiger partial charge is 0.507 e. The number of phenolic OH excluding ortho intramolecular Hbond substituents is 1. The molecule has 2 aromatic rings. The number of aromatic nitrogens is 1. The highest BCUT2D eigenvalue weighted by Crippen LogP contribution is 2.32. The molecular formula is C17H22N2O. The molecule has 0 amide bonds. The molecule has 0 saturated carbocycles. The lowest BCUT2D eigenvalue weighted by Gasteiger charge is -2.22. The highest BCUT2D eigenvalue weighted by Gasteiger charge is 2.18. The van der Waals surface area contributed by atoms with Crippen LogP contribution in [-0.4, -0.2) is 10.1 Å². The summed E-state index contributed by atoms with van der Waals surface area (Å²) in [6.45, 7) is 6.82. The summed E-state index contributed by atoms with van der Waals surface area (Å²) in [7, 11) is 0. The minimum atomic E-state index is 0.0291. The normalized spacial score (nSPS) is 11.6. The molecule has 0 saturated heterocycles. The van der Waals surface area contributed by atoms with E-state index < -0.39 is 0 Å². The van der Waals surface area contributed by atoms with Gasteiger partial charge in [0.15, 0.2) is 0 Å². The molecule has 106 valence electrons. The Kier molecular flexibility index (Phi) is 4.09. The molecule has 3 nitrogen and oxygen atoms in total. The molecule has 20 heavy (non-hydrogen) atoms. The summed E-state index contributed by atoms with van der Waals surface area (Å²) in [6, 6.07) is 7.99. The minimum Gasteiger partial charge on any atom is -0.507 e. The van der Waals surface area contributed by atoms with Gasteiger partial charge >= 0.3 is 0 Å². The summed E-state index contributed by atoms with van der Waals surface area (Å²) >= 11 is 0. The smallest absolute Gasteiger partial charge is 0.123 e. The van der Waals surface area contributed by atoms with Crippen molar-refractivity contribution in [1.29, 1.82) is 0 Å². The average molecular weight is 270 g/mol. The van der Waals surface area contributed by atoms with E-state index in [-0.39, 0.29) is 5.41 Å². The Morgan fingerprint density at radius 3 is 2.45 bits per heavy atom. The second-order valence-electron chi connectivity index (χ2n) is 6.14. The van der Waals surface area contributed by atoms with Gasteiger partial charge in [-0.2, -0.15) is 0 Å². The van der Waals surface area contributed by atoms with Crippen molar-refractivity contribution in [2.45, 2.75) is 39.2 Å². The van der Waals surface area contributed by atoms with Crippen molar-refractivity contribution < 1.29 is 5.11 Å². The van der Waals surface area contributed by atoms with Gasteiger partial charge in [0.1, 0.15) is 5.75 Å². The predicted molar refractivity (Wildman–Crippen MR) is 81.7 cm³/mol. The van der Waals surface area contributed by atoms with Gasteiger partial charge in [0.05, 0.1) is 0 Å². The highest BCUT2D eigenvalue weighted by molar-refractivity contribution is 5.47. The molecule has 1 aromatic heterocycles. The highest BCUT2D eigenvalue weighted by atomic mass is 16.3. The third-order valence-electron chi connectivity index (χ3n) is 3.47. The zero-order valence-corrected chi connectivity index (χ0v) is 12.4. The fraction of sp³-hybridized carbons (Fsp3) is 0.353. The Hall–Kier alpha value is -1.87. The molecule has 2 rings (SSSR count). The van der Waals surface area contributed by atoms with Gasteiger partial charge in [0, 0.05) is 30.9 Å². The van der Waals surface area contributed by atoms with E-state index in [0.29, 0.717) is 18.7 Å². The van der Waals surface area contributed by atoms with E-state index in [0.717, 1.165) is 16.7 Å². The fourth-order valence-electron chi connectivity index (χ4n) is 2.21. The van der Waals surface area contributed by atoms with Crippen LogP contribution in [0.2, 0.25) is 0 Å². The number of benzene rings is 1. The van der Waals surface area contributed by atoms with E-state index >= 15 is 0 Å². The van der Waals surface area contributed by atoms with Crippen LogP contribution in [0.4, 0.5) is 0 Å². The Balaban J connectivity index is 2.46. The summed E-state index contributed by atoms with van der Waals surface area (Å²) < 4.78 is 0. The fourth-order valence-corrected chi connectivity index (χ4v) is 2.21. The van der Waals surface area contributed by atoms with E-state index in [1.807, 2.05) is 24.4 Å². The lowest BCUT2D eigenvalue weighted by molar-refractivity contribution is 0.460. The summed E-state index contributed by atoms with van der Waals surface area (Å²) in [5.74, 6) is 0.310. The first-order valence-electron chi connectivity index (χ1n) is 6.86. The number of nitrogens with two attached hydrogens (primary N) is 1. The number of aromatic hydroxyl groups is 1. The van der Waals surface area contributed by atoms with Crippen molar-refractivity contribution in [2.75, 3.05) is 0 Å². The van der Waals surface area contributed by atoms with Gasteiger partial charge in [-0.25, -0.2) is 0 Å². The lowest BCUT2D eigenvalue weighted by Crippen LogP contribution is -2.13. The van der Waals surface area contributed by atoms with Crippen LogP contribution in [0.5, 0.6) is 5.75 Å².